The first-order valence-electron chi connectivity index (χ1n) is 4.22. The summed E-state index contributed by atoms with van der Waals surface area (Å²) in [6, 6.07) is 0. The van der Waals surface area contributed by atoms with E-state index in [0.29, 0.717) is 11.0 Å². The van der Waals surface area contributed by atoms with Crippen LogP contribution in [0.5, 0.6) is 0 Å². The van der Waals surface area contributed by atoms with E-state index in [2.05, 4.69) is 4.98 Å². The van der Waals surface area contributed by atoms with Gasteiger partial charge in [0.2, 0.25) is 0 Å². The van der Waals surface area contributed by atoms with Crippen molar-refractivity contribution in [3.8, 4) is 0 Å². The lowest BCUT2D eigenvalue weighted by molar-refractivity contribution is -0.137. The molecule has 1 heterocycles. The molecule has 0 aliphatic rings. The minimum absolute atomic E-state index is 0.0149. The highest BCUT2D eigenvalue weighted by atomic mass is 35.5. The van der Waals surface area contributed by atoms with Gasteiger partial charge in [-0.2, -0.15) is 13.2 Å². The number of halogens is 4. The van der Waals surface area contributed by atoms with Gasteiger partial charge in [0.15, 0.2) is 4.47 Å². The molecule has 7 heteroatoms. The molecule has 1 rings (SSSR count). The van der Waals surface area contributed by atoms with Crippen LogP contribution in [0.2, 0.25) is 4.47 Å². The fraction of sp³-hybridized carbons (Fsp3) is 0.625. The number of thiazole rings is 1. The summed E-state index contributed by atoms with van der Waals surface area (Å²) in [7, 11) is 1.64. The Balaban J connectivity index is 2.33. The lowest BCUT2D eigenvalue weighted by Crippen LogP contribution is -2.23. The van der Waals surface area contributed by atoms with Crippen LogP contribution in [0.1, 0.15) is 11.3 Å². The Kier molecular flexibility index (Phi) is 4.36. The van der Waals surface area contributed by atoms with Crippen molar-refractivity contribution >= 4 is 22.9 Å². The third-order valence-corrected chi connectivity index (χ3v) is 2.83. The first kappa shape index (κ1) is 12.7. The van der Waals surface area contributed by atoms with Crippen LogP contribution in [0.15, 0.2) is 6.20 Å². The Bertz CT molecular complexity index is 313. The molecule has 0 unspecified atom stereocenters. The van der Waals surface area contributed by atoms with Crippen molar-refractivity contribution in [1.82, 2.24) is 9.88 Å². The van der Waals surface area contributed by atoms with Gasteiger partial charge >= 0.3 is 6.18 Å². The highest BCUT2D eigenvalue weighted by Gasteiger charge is 2.27. The molecule has 0 N–H and O–H groups in total. The zero-order chi connectivity index (χ0) is 11.5. The van der Waals surface area contributed by atoms with Crippen LogP contribution in [-0.2, 0) is 6.54 Å². The summed E-state index contributed by atoms with van der Waals surface area (Å²) in [5.41, 5.74) is 0. The van der Waals surface area contributed by atoms with Gasteiger partial charge in [-0.15, -0.1) is 11.3 Å². The molecule has 0 amide bonds. The Morgan fingerprint density at radius 2 is 2.20 bits per heavy atom. The van der Waals surface area contributed by atoms with E-state index in [9.17, 15) is 13.2 Å². The lowest BCUT2D eigenvalue weighted by atomic mass is 10.4. The van der Waals surface area contributed by atoms with Crippen molar-refractivity contribution in [3.63, 3.8) is 0 Å². The van der Waals surface area contributed by atoms with Gasteiger partial charge < -0.3 is 4.90 Å². The monoisotopic (exact) mass is 258 g/mol. The summed E-state index contributed by atoms with van der Waals surface area (Å²) in [4.78, 5) is 6.27. The lowest BCUT2D eigenvalue weighted by Gasteiger charge is -2.16. The van der Waals surface area contributed by atoms with E-state index >= 15 is 0 Å². The van der Waals surface area contributed by atoms with E-state index in [-0.39, 0.29) is 6.54 Å². The molecule has 0 atom stereocenters. The molecule has 0 aromatic carbocycles. The normalized spacial score (nSPS) is 12.4. The molecule has 1 aromatic rings. The molecule has 15 heavy (non-hydrogen) atoms. The van der Waals surface area contributed by atoms with E-state index in [4.69, 9.17) is 11.6 Å². The van der Waals surface area contributed by atoms with Gasteiger partial charge in [-0.3, -0.25) is 0 Å². The second-order valence-corrected chi connectivity index (χ2v) is 4.88. The quantitative estimate of drug-likeness (QED) is 0.825. The van der Waals surface area contributed by atoms with Gasteiger partial charge in [0.25, 0.3) is 0 Å². The molecule has 0 aliphatic heterocycles. The summed E-state index contributed by atoms with van der Waals surface area (Å²) < 4.78 is 36.1. The summed E-state index contributed by atoms with van der Waals surface area (Å²) >= 11 is 6.88. The smallest absolute Gasteiger partial charge is 0.301 e. The average Bonchev–Trinajstić information content (AvgIpc) is 2.47. The Labute approximate surface area is 94.7 Å². The van der Waals surface area contributed by atoms with E-state index in [1.165, 1.54) is 11.3 Å². The maximum atomic E-state index is 11.9. The van der Waals surface area contributed by atoms with Crippen LogP contribution in [0.4, 0.5) is 13.2 Å². The average molecular weight is 259 g/mol. The van der Waals surface area contributed by atoms with Crippen LogP contribution in [0.25, 0.3) is 0 Å². The number of rotatable bonds is 4. The van der Waals surface area contributed by atoms with Crippen molar-refractivity contribution in [2.24, 2.45) is 0 Å². The number of alkyl halides is 3. The fourth-order valence-corrected chi connectivity index (χ4v) is 2.08. The van der Waals surface area contributed by atoms with E-state index in [1.54, 1.807) is 18.1 Å². The third kappa shape index (κ3) is 5.34. The molecular weight excluding hydrogens is 249 g/mol. The standard InChI is InChI=1S/C8H10ClF3N2S/c1-14(3-2-8(10,11)12)5-6-4-13-7(9)15-6/h4H,2-3,5H2,1H3. The van der Waals surface area contributed by atoms with Crippen molar-refractivity contribution in [2.75, 3.05) is 13.6 Å². The van der Waals surface area contributed by atoms with E-state index < -0.39 is 12.6 Å². The molecule has 86 valence electrons. The Morgan fingerprint density at radius 3 is 2.67 bits per heavy atom. The summed E-state index contributed by atoms with van der Waals surface area (Å²) in [6.45, 7) is 0.430. The van der Waals surface area contributed by atoms with Crippen LogP contribution < -0.4 is 0 Å². The van der Waals surface area contributed by atoms with Gasteiger partial charge in [-0.25, -0.2) is 4.98 Å². The second kappa shape index (κ2) is 5.14. The van der Waals surface area contributed by atoms with Crippen molar-refractivity contribution in [2.45, 2.75) is 19.1 Å². The molecule has 0 saturated heterocycles. The molecule has 0 radical (unpaired) electrons. The number of aromatic nitrogens is 1. The Morgan fingerprint density at radius 1 is 1.53 bits per heavy atom. The van der Waals surface area contributed by atoms with Crippen molar-refractivity contribution in [3.05, 3.63) is 15.5 Å². The van der Waals surface area contributed by atoms with E-state index in [0.717, 1.165) is 4.88 Å². The number of nitrogens with zero attached hydrogens (tertiary/aromatic N) is 2. The minimum atomic E-state index is -4.10. The SMILES string of the molecule is CN(CCC(F)(F)F)Cc1cnc(Cl)s1. The molecular formula is C8H10ClF3N2S. The van der Waals surface area contributed by atoms with Crippen LogP contribution in [0.3, 0.4) is 0 Å². The molecule has 0 saturated carbocycles. The van der Waals surface area contributed by atoms with Gasteiger partial charge in [-0.05, 0) is 7.05 Å². The summed E-state index contributed by atoms with van der Waals surface area (Å²) in [6.07, 6.45) is -3.31. The maximum Gasteiger partial charge on any atom is 0.390 e. The zero-order valence-electron chi connectivity index (χ0n) is 8.01. The second-order valence-electron chi connectivity index (χ2n) is 3.18. The van der Waals surface area contributed by atoms with Gasteiger partial charge in [0.05, 0.1) is 6.42 Å². The molecule has 0 fully saturated rings. The van der Waals surface area contributed by atoms with Gasteiger partial charge in [-0.1, -0.05) is 11.6 Å². The molecule has 0 aliphatic carbocycles. The largest absolute Gasteiger partial charge is 0.390 e. The first-order valence-corrected chi connectivity index (χ1v) is 5.42. The minimum Gasteiger partial charge on any atom is -0.301 e. The number of hydrogen-bond acceptors (Lipinski definition) is 3. The van der Waals surface area contributed by atoms with Crippen LogP contribution in [-0.4, -0.2) is 29.7 Å². The van der Waals surface area contributed by atoms with Crippen molar-refractivity contribution in [1.29, 1.82) is 0 Å². The third-order valence-electron chi connectivity index (χ3n) is 1.73. The Hall–Kier alpha value is -0.330. The zero-order valence-corrected chi connectivity index (χ0v) is 9.59. The molecule has 0 bridgehead atoms. The van der Waals surface area contributed by atoms with Crippen molar-refractivity contribution < 1.29 is 13.2 Å². The summed E-state index contributed by atoms with van der Waals surface area (Å²) in [5.74, 6) is 0. The van der Waals surface area contributed by atoms with Gasteiger partial charge in [0.1, 0.15) is 0 Å². The summed E-state index contributed by atoms with van der Waals surface area (Å²) in [5, 5.41) is 0. The van der Waals surface area contributed by atoms with Gasteiger partial charge in [0, 0.05) is 24.2 Å². The maximum absolute atomic E-state index is 11.9. The molecule has 0 spiro atoms. The highest BCUT2D eigenvalue weighted by molar-refractivity contribution is 7.15. The highest BCUT2D eigenvalue weighted by Crippen LogP contribution is 2.22. The first-order chi connectivity index (χ1) is 6.87. The predicted molar refractivity (Wildman–Crippen MR) is 54.1 cm³/mol. The van der Waals surface area contributed by atoms with E-state index in [1.807, 2.05) is 0 Å². The topological polar surface area (TPSA) is 16.1 Å². The molecule has 2 nitrogen and oxygen atoms in total. The van der Waals surface area contributed by atoms with Crippen LogP contribution >= 0.6 is 22.9 Å². The van der Waals surface area contributed by atoms with Crippen LogP contribution in [0, 0.1) is 0 Å². The number of hydrogen-bond donors (Lipinski definition) is 0. The molecule has 1 aromatic heterocycles. The fourth-order valence-electron chi connectivity index (χ4n) is 1.02. The predicted octanol–water partition coefficient (Wildman–Crippen LogP) is 3.18.